The fourth-order valence-electron chi connectivity index (χ4n) is 3.06. The number of nitrogens with zero attached hydrogens (tertiary/aromatic N) is 5. The van der Waals surface area contributed by atoms with Gasteiger partial charge in [0.05, 0.1) is 13.2 Å². The molecule has 1 aromatic heterocycles. The molecule has 0 bridgehead atoms. The minimum atomic E-state index is 0.577. The van der Waals surface area contributed by atoms with Gasteiger partial charge in [-0.05, 0) is 33.0 Å². The molecule has 0 saturated carbocycles. The molecule has 0 aromatic carbocycles. The van der Waals surface area contributed by atoms with Crippen LogP contribution in [0.4, 0.5) is 11.6 Å². The zero-order valence-corrected chi connectivity index (χ0v) is 13.0. The highest BCUT2D eigenvalue weighted by Gasteiger charge is 2.22. The Bertz CT molecular complexity index is 455. The summed E-state index contributed by atoms with van der Waals surface area (Å²) in [5, 5.41) is 0. The van der Waals surface area contributed by atoms with E-state index in [0.29, 0.717) is 6.04 Å². The molecular weight excluding hydrogens is 266 g/mol. The molecule has 6 nitrogen and oxygen atoms in total. The zero-order valence-electron chi connectivity index (χ0n) is 13.0. The van der Waals surface area contributed by atoms with Crippen LogP contribution < -0.4 is 9.80 Å². The SMILES string of the molecule is CN1CCC(N(C)c2cc(N3CCOCC3)ncn2)CC1. The normalized spacial score (nSPS) is 21.5. The van der Waals surface area contributed by atoms with Crippen LogP contribution in [-0.2, 0) is 4.74 Å². The standard InChI is InChI=1S/C15H25N5O/c1-18-5-3-13(4-6-18)19(2)14-11-15(17-12-16-14)20-7-9-21-10-8-20/h11-13H,3-10H2,1-2H3. The van der Waals surface area contributed by atoms with E-state index >= 15 is 0 Å². The summed E-state index contributed by atoms with van der Waals surface area (Å²) < 4.78 is 5.40. The molecule has 3 heterocycles. The highest BCUT2D eigenvalue weighted by Crippen LogP contribution is 2.23. The summed E-state index contributed by atoms with van der Waals surface area (Å²) in [6.45, 7) is 5.71. The summed E-state index contributed by atoms with van der Waals surface area (Å²) in [5.74, 6) is 2.05. The van der Waals surface area contributed by atoms with Crippen molar-refractivity contribution in [2.24, 2.45) is 0 Å². The van der Waals surface area contributed by atoms with Crippen LogP contribution in [0.25, 0.3) is 0 Å². The van der Waals surface area contributed by atoms with Crippen molar-refractivity contribution >= 4 is 11.6 Å². The monoisotopic (exact) mass is 291 g/mol. The van der Waals surface area contributed by atoms with Gasteiger partial charge in [0.15, 0.2) is 0 Å². The van der Waals surface area contributed by atoms with E-state index in [1.165, 1.54) is 12.8 Å². The summed E-state index contributed by atoms with van der Waals surface area (Å²) in [5.41, 5.74) is 0. The van der Waals surface area contributed by atoms with Gasteiger partial charge < -0.3 is 19.4 Å². The van der Waals surface area contributed by atoms with Crippen molar-refractivity contribution in [3.05, 3.63) is 12.4 Å². The van der Waals surface area contributed by atoms with Gasteiger partial charge in [-0.1, -0.05) is 0 Å². The first kappa shape index (κ1) is 14.5. The molecule has 0 unspecified atom stereocenters. The van der Waals surface area contributed by atoms with E-state index in [1.807, 2.05) is 0 Å². The van der Waals surface area contributed by atoms with Crippen molar-refractivity contribution in [3.63, 3.8) is 0 Å². The van der Waals surface area contributed by atoms with E-state index in [2.05, 4.69) is 44.8 Å². The molecule has 2 aliphatic rings. The number of hydrogen-bond acceptors (Lipinski definition) is 6. The molecule has 21 heavy (non-hydrogen) atoms. The van der Waals surface area contributed by atoms with Crippen LogP contribution in [0.15, 0.2) is 12.4 Å². The number of anilines is 2. The maximum atomic E-state index is 5.40. The first-order chi connectivity index (χ1) is 10.2. The van der Waals surface area contributed by atoms with Gasteiger partial charge in [-0.15, -0.1) is 0 Å². The molecule has 2 fully saturated rings. The second-order valence-corrected chi connectivity index (χ2v) is 5.98. The highest BCUT2D eigenvalue weighted by molar-refractivity contribution is 5.50. The Morgan fingerprint density at radius 1 is 1.14 bits per heavy atom. The first-order valence-corrected chi connectivity index (χ1v) is 7.80. The van der Waals surface area contributed by atoms with Crippen LogP contribution in [0.5, 0.6) is 0 Å². The van der Waals surface area contributed by atoms with E-state index < -0.39 is 0 Å². The van der Waals surface area contributed by atoms with Gasteiger partial charge in [-0.2, -0.15) is 0 Å². The Balaban J connectivity index is 1.69. The number of rotatable bonds is 3. The Kier molecular flexibility index (Phi) is 4.55. The van der Waals surface area contributed by atoms with Crippen molar-refractivity contribution in [3.8, 4) is 0 Å². The Labute approximate surface area is 126 Å². The molecule has 6 heteroatoms. The van der Waals surface area contributed by atoms with Gasteiger partial charge in [0.25, 0.3) is 0 Å². The number of morpholine rings is 1. The van der Waals surface area contributed by atoms with Crippen molar-refractivity contribution < 1.29 is 4.74 Å². The van der Waals surface area contributed by atoms with Crippen molar-refractivity contribution in [1.29, 1.82) is 0 Å². The molecule has 116 valence electrons. The third-order valence-corrected chi connectivity index (χ3v) is 4.57. The van der Waals surface area contributed by atoms with E-state index in [-0.39, 0.29) is 0 Å². The van der Waals surface area contributed by atoms with Crippen LogP contribution in [0, 0.1) is 0 Å². The number of aromatic nitrogens is 2. The van der Waals surface area contributed by atoms with E-state index in [1.54, 1.807) is 6.33 Å². The minimum Gasteiger partial charge on any atom is -0.378 e. The quantitative estimate of drug-likeness (QED) is 0.822. The fourth-order valence-corrected chi connectivity index (χ4v) is 3.06. The first-order valence-electron chi connectivity index (χ1n) is 7.80. The molecule has 2 saturated heterocycles. The van der Waals surface area contributed by atoms with Gasteiger partial charge in [0.1, 0.15) is 18.0 Å². The van der Waals surface area contributed by atoms with Crippen LogP contribution in [0.3, 0.4) is 0 Å². The smallest absolute Gasteiger partial charge is 0.134 e. The molecule has 0 N–H and O–H groups in total. The zero-order chi connectivity index (χ0) is 14.7. The van der Waals surface area contributed by atoms with Gasteiger partial charge in [-0.25, -0.2) is 9.97 Å². The second-order valence-electron chi connectivity index (χ2n) is 5.98. The molecule has 3 rings (SSSR count). The Hall–Kier alpha value is -1.40. The third kappa shape index (κ3) is 3.44. The lowest BCUT2D eigenvalue weighted by molar-refractivity contribution is 0.122. The summed E-state index contributed by atoms with van der Waals surface area (Å²) in [4.78, 5) is 15.9. The molecule has 0 aliphatic carbocycles. The summed E-state index contributed by atoms with van der Waals surface area (Å²) in [6, 6.07) is 2.69. The van der Waals surface area contributed by atoms with Crippen LogP contribution in [0.1, 0.15) is 12.8 Å². The molecule has 0 atom stereocenters. The second kappa shape index (κ2) is 6.58. The molecule has 0 spiro atoms. The maximum Gasteiger partial charge on any atom is 0.134 e. The predicted molar refractivity (Wildman–Crippen MR) is 84.0 cm³/mol. The fraction of sp³-hybridized carbons (Fsp3) is 0.733. The highest BCUT2D eigenvalue weighted by atomic mass is 16.5. The Morgan fingerprint density at radius 3 is 2.57 bits per heavy atom. The molecule has 2 aliphatic heterocycles. The lowest BCUT2D eigenvalue weighted by Crippen LogP contribution is -2.42. The van der Waals surface area contributed by atoms with Gasteiger partial charge >= 0.3 is 0 Å². The largest absolute Gasteiger partial charge is 0.378 e. The van der Waals surface area contributed by atoms with E-state index in [4.69, 9.17) is 4.74 Å². The summed E-state index contributed by atoms with van der Waals surface area (Å²) >= 11 is 0. The minimum absolute atomic E-state index is 0.577. The molecule has 1 aromatic rings. The van der Waals surface area contributed by atoms with Crippen molar-refractivity contribution in [2.75, 3.05) is 63.3 Å². The van der Waals surface area contributed by atoms with Crippen molar-refractivity contribution in [1.82, 2.24) is 14.9 Å². The number of piperidine rings is 1. The average Bonchev–Trinajstić information content (AvgIpc) is 2.56. The maximum absolute atomic E-state index is 5.40. The van der Waals surface area contributed by atoms with Crippen LogP contribution in [0.2, 0.25) is 0 Å². The lowest BCUT2D eigenvalue weighted by Gasteiger charge is -2.36. The average molecular weight is 291 g/mol. The van der Waals surface area contributed by atoms with E-state index in [9.17, 15) is 0 Å². The number of ether oxygens (including phenoxy) is 1. The van der Waals surface area contributed by atoms with Crippen LogP contribution >= 0.6 is 0 Å². The molecular formula is C15H25N5O. The van der Waals surface area contributed by atoms with Crippen LogP contribution in [-0.4, -0.2) is 74.4 Å². The number of likely N-dealkylation sites (tertiary alicyclic amines) is 1. The number of hydrogen-bond donors (Lipinski definition) is 0. The van der Waals surface area contributed by atoms with E-state index in [0.717, 1.165) is 51.0 Å². The molecule has 0 amide bonds. The lowest BCUT2D eigenvalue weighted by atomic mass is 10.0. The van der Waals surface area contributed by atoms with Gasteiger partial charge in [0, 0.05) is 32.2 Å². The predicted octanol–water partition coefficient (Wildman–Crippen LogP) is 0.844. The van der Waals surface area contributed by atoms with Crippen molar-refractivity contribution in [2.45, 2.75) is 18.9 Å². The third-order valence-electron chi connectivity index (χ3n) is 4.57. The Morgan fingerprint density at radius 2 is 1.86 bits per heavy atom. The van der Waals surface area contributed by atoms with Gasteiger partial charge in [0.2, 0.25) is 0 Å². The molecule has 0 radical (unpaired) electrons. The summed E-state index contributed by atoms with van der Waals surface area (Å²) in [7, 11) is 4.35. The topological polar surface area (TPSA) is 44.7 Å². The van der Waals surface area contributed by atoms with Gasteiger partial charge in [-0.3, -0.25) is 0 Å². The summed E-state index contributed by atoms with van der Waals surface area (Å²) in [6.07, 6.45) is 4.08.